The Morgan fingerprint density at radius 1 is 0.839 bits per heavy atom. The van der Waals surface area contributed by atoms with Gasteiger partial charge in [0.1, 0.15) is 0 Å². The van der Waals surface area contributed by atoms with Crippen LogP contribution < -0.4 is 4.74 Å². The number of methoxy groups -OCH3 is 1. The van der Waals surface area contributed by atoms with Gasteiger partial charge < -0.3 is 4.74 Å². The molecule has 0 aliphatic heterocycles. The van der Waals surface area contributed by atoms with Gasteiger partial charge in [0, 0.05) is 0 Å². The Labute approximate surface area is 188 Å². The van der Waals surface area contributed by atoms with Crippen molar-refractivity contribution in [3.63, 3.8) is 0 Å². The fourth-order valence-corrected chi connectivity index (χ4v) is 7.14. The summed E-state index contributed by atoms with van der Waals surface area (Å²) in [6.45, 7) is 2.29. The van der Waals surface area contributed by atoms with Crippen molar-refractivity contribution >= 4 is 0 Å². The first-order chi connectivity index (χ1) is 15.1. The quantitative estimate of drug-likeness (QED) is 0.376. The first-order valence-electron chi connectivity index (χ1n) is 13.1. The fraction of sp³-hybridized carbons (Fsp3) is 0.786. The van der Waals surface area contributed by atoms with Crippen molar-refractivity contribution in [2.24, 2.45) is 29.6 Å². The highest BCUT2D eigenvalue weighted by Crippen LogP contribution is 2.49. The number of rotatable bonds is 8. The molecular formula is C28H42F2O. The molecule has 174 valence electrons. The predicted molar refractivity (Wildman–Crippen MR) is 123 cm³/mol. The monoisotopic (exact) mass is 432 g/mol. The van der Waals surface area contributed by atoms with Crippen LogP contribution in [0.15, 0.2) is 6.07 Å². The Balaban J connectivity index is 1.29. The van der Waals surface area contributed by atoms with Gasteiger partial charge in [0.2, 0.25) is 5.82 Å². The molecule has 0 bridgehead atoms. The minimum Gasteiger partial charge on any atom is -0.494 e. The van der Waals surface area contributed by atoms with Crippen LogP contribution in [0.4, 0.5) is 8.78 Å². The molecular weight excluding hydrogens is 390 g/mol. The maximum atomic E-state index is 14.7. The number of hydrogen-bond acceptors (Lipinski definition) is 1. The average molecular weight is 433 g/mol. The van der Waals surface area contributed by atoms with E-state index in [-0.39, 0.29) is 5.75 Å². The Hall–Kier alpha value is -1.12. The van der Waals surface area contributed by atoms with Gasteiger partial charge in [0.25, 0.3) is 0 Å². The van der Waals surface area contributed by atoms with E-state index in [1.54, 1.807) is 6.07 Å². The molecule has 2 fully saturated rings. The van der Waals surface area contributed by atoms with Gasteiger partial charge in [-0.15, -0.1) is 0 Å². The van der Waals surface area contributed by atoms with E-state index in [4.69, 9.17) is 4.74 Å². The first-order valence-corrected chi connectivity index (χ1v) is 13.1. The molecule has 0 N–H and O–H groups in total. The van der Waals surface area contributed by atoms with Gasteiger partial charge in [0.05, 0.1) is 7.11 Å². The second-order valence-electron chi connectivity index (χ2n) is 10.8. The molecule has 0 spiro atoms. The number of halogens is 2. The summed E-state index contributed by atoms with van der Waals surface area (Å²) in [7, 11) is 1.41. The number of unbranched alkanes of at least 4 members (excludes halogenated alkanes) is 4. The maximum absolute atomic E-state index is 14.7. The minimum atomic E-state index is -0.807. The van der Waals surface area contributed by atoms with E-state index in [1.807, 2.05) is 0 Å². The van der Waals surface area contributed by atoms with Crippen LogP contribution in [0.1, 0.15) is 102 Å². The number of fused-ring (bicyclic) bond motifs is 2. The molecule has 5 atom stereocenters. The highest BCUT2D eigenvalue weighted by Gasteiger charge is 2.39. The fourth-order valence-electron chi connectivity index (χ4n) is 7.14. The molecule has 1 aromatic rings. The first kappa shape index (κ1) is 23.1. The summed E-state index contributed by atoms with van der Waals surface area (Å²) in [5.41, 5.74) is 1.59. The molecule has 4 rings (SSSR count). The lowest BCUT2D eigenvalue weighted by atomic mass is 9.60. The smallest absolute Gasteiger partial charge is 0.200 e. The van der Waals surface area contributed by atoms with Crippen LogP contribution in [-0.2, 0) is 12.8 Å². The van der Waals surface area contributed by atoms with E-state index in [1.165, 1.54) is 84.2 Å². The topological polar surface area (TPSA) is 9.23 Å². The average Bonchev–Trinajstić information content (AvgIpc) is 2.80. The Kier molecular flexibility index (Phi) is 7.93. The SMILES string of the molecule is CCCCCCCC1CCC2CC(C3CCc4cc(OC)c(F)c(F)c4C3)CCC2C1. The van der Waals surface area contributed by atoms with Crippen LogP contribution in [0.2, 0.25) is 0 Å². The summed E-state index contributed by atoms with van der Waals surface area (Å²) in [5, 5.41) is 0. The lowest BCUT2D eigenvalue weighted by Crippen LogP contribution is -2.35. The van der Waals surface area contributed by atoms with E-state index in [2.05, 4.69) is 6.92 Å². The Morgan fingerprint density at radius 2 is 1.55 bits per heavy atom. The Bertz CT molecular complexity index is 730. The summed E-state index contributed by atoms with van der Waals surface area (Å²) in [5.74, 6) is 2.58. The molecule has 31 heavy (non-hydrogen) atoms. The highest BCUT2D eigenvalue weighted by atomic mass is 19.2. The maximum Gasteiger partial charge on any atom is 0.200 e. The zero-order valence-electron chi connectivity index (χ0n) is 19.7. The molecule has 3 aliphatic carbocycles. The predicted octanol–water partition coefficient (Wildman–Crippen LogP) is 8.27. The number of benzene rings is 1. The zero-order valence-corrected chi connectivity index (χ0v) is 19.7. The summed E-state index contributed by atoms with van der Waals surface area (Å²) in [6.07, 6.45) is 19.4. The van der Waals surface area contributed by atoms with Crippen LogP contribution in [0, 0.1) is 41.2 Å². The molecule has 3 aliphatic rings. The van der Waals surface area contributed by atoms with Crippen molar-refractivity contribution in [3.8, 4) is 5.75 Å². The van der Waals surface area contributed by atoms with Crippen LogP contribution in [-0.4, -0.2) is 7.11 Å². The van der Waals surface area contributed by atoms with Gasteiger partial charge in [0.15, 0.2) is 11.6 Å². The number of aryl methyl sites for hydroxylation is 1. The molecule has 0 radical (unpaired) electrons. The van der Waals surface area contributed by atoms with E-state index in [0.29, 0.717) is 23.8 Å². The van der Waals surface area contributed by atoms with E-state index in [0.717, 1.165) is 36.2 Å². The van der Waals surface area contributed by atoms with Gasteiger partial charge in [-0.05, 0) is 98.1 Å². The van der Waals surface area contributed by atoms with Gasteiger partial charge in [-0.2, -0.15) is 4.39 Å². The summed E-state index contributed by atoms with van der Waals surface area (Å²) >= 11 is 0. The molecule has 1 nitrogen and oxygen atoms in total. The number of ether oxygens (including phenoxy) is 1. The van der Waals surface area contributed by atoms with E-state index >= 15 is 0 Å². The van der Waals surface area contributed by atoms with Crippen LogP contribution in [0.5, 0.6) is 5.75 Å². The van der Waals surface area contributed by atoms with Crippen molar-refractivity contribution in [2.45, 2.75) is 103 Å². The third-order valence-electron chi connectivity index (χ3n) is 8.98. The summed E-state index contributed by atoms with van der Waals surface area (Å²) in [6, 6.07) is 1.73. The van der Waals surface area contributed by atoms with Gasteiger partial charge in [-0.1, -0.05) is 51.9 Å². The standard InChI is InChI=1S/C28H42F2O/c1-3-4-5-6-7-8-19-9-10-21-16-22(12-11-20(21)15-19)23-13-14-24-18-26(31-2)28(30)27(29)25(24)17-23/h18-23H,3-17H2,1-2H3. The second kappa shape index (κ2) is 10.7. The molecule has 2 saturated carbocycles. The molecule has 0 saturated heterocycles. The van der Waals surface area contributed by atoms with Crippen LogP contribution in [0.3, 0.4) is 0 Å². The largest absolute Gasteiger partial charge is 0.494 e. The van der Waals surface area contributed by atoms with Gasteiger partial charge in [-0.3, -0.25) is 0 Å². The van der Waals surface area contributed by atoms with Gasteiger partial charge in [-0.25, -0.2) is 4.39 Å². The molecule has 0 amide bonds. The van der Waals surface area contributed by atoms with Crippen LogP contribution in [0.25, 0.3) is 0 Å². The Morgan fingerprint density at radius 3 is 2.32 bits per heavy atom. The lowest BCUT2D eigenvalue weighted by molar-refractivity contribution is 0.0686. The van der Waals surface area contributed by atoms with Crippen LogP contribution >= 0.6 is 0 Å². The van der Waals surface area contributed by atoms with Crippen molar-refractivity contribution in [1.82, 2.24) is 0 Å². The van der Waals surface area contributed by atoms with Crippen molar-refractivity contribution in [2.75, 3.05) is 7.11 Å². The summed E-state index contributed by atoms with van der Waals surface area (Å²) in [4.78, 5) is 0. The molecule has 0 heterocycles. The number of hydrogen-bond donors (Lipinski definition) is 0. The lowest BCUT2D eigenvalue weighted by Gasteiger charge is -2.45. The molecule has 1 aromatic carbocycles. The minimum absolute atomic E-state index is 0.0531. The van der Waals surface area contributed by atoms with E-state index < -0.39 is 11.6 Å². The second-order valence-corrected chi connectivity index (χ2v) is 10.8. The van der Waals surface area contributed by atoms with Gasteiger partial charge >= 0.3 is 0 Å². The van der Waals surface area contributed by atoms with Crippen molar-refractivity contribution in [3.05, 3.63) is 28.8 Å². The zero-order chi connectivity index (χ0) is 21.8. The normalized spacial score (nSPS) is 30.5. The third kappa shape index (κ3) is 5.28. The van der Waals surface area contributed by atoms with Crippen molar-refractivity contribution in [1.29, 1.82) is 0 Å². The summed E-state index contributed by atoms with van der Waals surface area (Å²) < 4.78 is 34.0. The molecule has 0 aromatic heterocycles. The molecule has 3 heteroatoms. The highest BCUT2D eigenvalue weighted by molar-refractivity contribution is 5.40. The van der Waals surface area contributed by atoms with E-state index in [9.17, 15) is 8.78 Å². The third-order valence-corrected chi connectivity index (χ3v) is 8.98. The van der Waals surface area contributed by atoms with Crippen molar-refractivity contribution < 1.29 is 13.5 Å². The molecule has 5 unspecified atom stereocenters.